The van der Waals surface area contributed by atoms with Gasteiger partial charge in [0.1, 0.15) is 5.82 Å². The van der Waals surface area contributed by atoms with E-state index in [9.17, 15) is 14.0 Å². The number of nitrogens with zero attached hydrogens (tertiary/aromatic N) is 1. The van der Waals surface area contributed by atoms with E-state index in [0.29, 0.717) is 16.5 Å². The fraction of sp³-hybridized carbons (Fsp3) is 0.0385. The Morgan fingerprint density at radius 3 is 2.56 bits per heavy atom. The molecule has 1 heterocycles. The minimum atomic E-state index is -0.309. The molecule has 0 spiro atoms. The van der Waals surface area contributed by atoms with Crippen molar-refractivity contribution in [1.82, 2.24) is 4.98 Å². The molecule has 4 aromatic rings. The van der Waals surface area contributed by atoms with Crippen molar-refractivity contribution in [3.05, 3.63) is 102 Å². The topological polar surface area (TPSA) is 71.1 Å². The Labute approximate surface area is 204 Å². The van der Waals surface area contributed by atoms with Crippen LogP contribution in [0.2, 0.25) is 0 Å². The summed E-state index contributed by atoms with van der Waals surface area (Å²) < 4.78 is 13.1. The fourth-order valence-electron chi connectivity index (χ4n) is 2.97. The highest BCUT2D eigenvalue weighted by molar-refractivity contribution is 8.00. The first-order valence-electron chi connectivity index (χ1n) is 10.3. The molecule has 34 heavy (non-hydrogen) atoms. The highest BCUT2D eigenvalue weighted by Gasteiger charge is 2.09. The van der Waals surface area contributed by atoms with Gasteiger partial charge in [-0.15, -0.1) is 23.1 Å². The number of halogens is 1. The zero-order valence-corrected chi connectivity index (χ0v) is 19.5. The van der Waals surface area contributed by atoms with Crippen molar-refractivity contribution in [2.45, 2.75) is 4.90 Å². The second-order valence-corrected chi connectivity index (χ2v) is 9.05. The lowest BCUT2D eigenvalue weighted by molar-refractivity contribution is -0.114. The van der Waals surface area contributed by atoms with E-state index in [1.165, 1.54) is 41.3 Å². The van der Waals surface area contributed by atoms with Crippen molar-refractivity contribution in [2.24, 2.45) is 0 Å². The van der Waals surface area contributed by atoms with Crippen LogP contribution in [0.4, 0.5) is 15.2 Å². The summed E-state index contributed by atoms with van der Waals surface area (Å²) in [5, 5.41) is 7.91. The van der Waals surface area contributed by atoms with Gasteiger partial charge in [-0.1, -0.05) is 36.4 Å². The highest BCUT2D eigenvalue weighted by atomic mass is 32.2. The SMILES string of the molecule is O=C(/C=C/c1ccccc1)Nc1cccc(SCC(=O)Nc2nc(-c3ccc(F)cc3)cs2)c1. The van der Waals surface area contributed by atoms with Gasteiger partial charge in [-0.05, 0) is 54.1 Å². The molecule has 0 atom stereocenters. The largest absolute Gasteiger partial charge is 0.322 e. The summed E-state index contributed by atoms with van der Waals surface area (Å²) in [7, 11) is 0. The van der Waals surface area contributed by atoms with Gasteiger partial charge in [0.15, 0.2) is 5.13 Å². The summed E-state index contributed by atoms with van der Waals surface area (Å²) in [5.41, 5.74) is 3.05. The van der Waals surface area contributed by atoms with Crippen molar-refractivity contribution in [3.63, 3.8) is 0 Å². The first-order valence-corrected chi connectivity index (χ1v) is 12.2. The second-order valence-electron chi connectivity index (χ2n) is 7.14. The molecule has 4 rings (SSSR count). The Hall–Kier alpha value is -3.75. The van der Waals surface area contributed by atoms with Crippen LogP contribution >= 0.6 is 23.1 Å². The van der Waals surface area contributed by atoms with Crippen molar-refractivity contribution >= 4 is 51.8 Å². The molecule has 0 bridgehead atoms. The predicted octanol–water partition coefficient (Wildman–Crippen LogP) is 6.33. The van der Waals surface area contributed by atoms with Crippen molar-refractivity contribution in [2.75, 3.05) is 16.4 Å². The van der Waals surface area contributed by atoms with Gasteiger partial charge in [-0.25, -0.2) is 9.37 Å². The average molecular weight is 490 g/mol. The summed E-state index contributed by atoms with van der Waals surface area (Å²) in [4.78, 5) is 29.8. The molecule has 170 valence electrons. The lowest BCUT2D eigenvalue weighted by Gasteiger charge is -2.06. The maximum atomic E-state index is 13.1. The number of carbonyl (C=O) groups excluding carboxylic acids is 2. The van der Waals surface area contributed by atoms with E-state index in [0.717, 1.165) is 16.0 Å². The standard InChI is InChI=1S/C26H20FN3O2S2/c27-20-12-10-19(11-13-20)23-16-34-26(29-23)30-25(32)17-33-22-8-4-7-21(15-22)28-24(31)14-9-18-5-2-1-3-6-18/h1-16H,17H2,(H,28,31)(H,29,30,32)/b14-9+. The molecule has 0 fully saturated rings. The number of thioether (sulfide) groups is 1. The van der Waals surface area contributed by atoms with Crippen LogP contribution < -0.4 is 10.6 Å². The van der Waals surface area contributed by atoms with E-state index in [1.54, 1.807) is 24.3 Å². The number of aromatic nitrogens is 1. The van der Waals surface area contributed by atoms with Crippen molar-refractivity contribution < 1.29 is 14.0 Å². The number of benzene rings is 3. The van der Waals surface area contributed by atoms with Crippen LogP contribution in [0.5, 0.6) is 0 Å². The minimum absolute atomic E-state index is 0.190. The Morgan fingerprint density at radius 2 is 1.76 bits per heavy atom. The monoisotopic (exact) mass is 489 g/mol. The van der Waals surface area contributed by atoms with E-state index in [-0.39, 0.29) is 23.4 Å². The summed E-state index contributed by atoms with van der Waals surface area (Å²) >= 11 is 2.67. The number of carbonyl (C=O) groups is 2. The van der Waals surface area contributed by atoms with Gasteiger partial charge in [-0.3, -0.25) is 9.59 Å². The molecule has 8 heteroatoms. The third kappa shape index (κ3) is 6.87. The maximum absolute atomic E-state index is 13.1. The van der Waals surface area contributed by atoms with E-state index in [4.69, 9.17) is 0 Å². The molecule has 0 aliphatic carbocycles. The average Bonchev–Trinajstić information content (AvgIpc) is 3.31. The number of thiazole rings is 1. The number of rotatable bonds is 8. The second kappa shape index (κ2) is 11.4. The van der Waals surface area contributed by atoms with E-state index in [2.05, 4.69) is 15.6 Å². The van der Waals surface area contributed by atoms with Crippen molar-refractivity contribution in [1.29, 1.82) is 0 Å². The van der Waals surface area contributed by atoms with Gasteiger partial charge in [0.05, 0.1) is 11.4 Å². The normalized spacial score (nSPS) is 10.9. The maximum Gasteiger partial charge on any atom is 0.248 e. The molecule has 0 aliphatic rings. The Morgan fingerprint density at radius 1 is 0.971 bits per heavy atom. The van der Waals surface area contributed by atoms with E-state index < -0.39 is 0 Å². The van der Waals surface area contributed by atoms with E-state index >= 15 is 0 Å². The lowest BCUT2D eigenvalue weighted by Crippen LogP contribution is -2.13. The van der Waals surface area contributed by atoms with Gasteiger partial charge in [0, 0.05) is 27.6 Å². The molecule has 3 aromatic carbocycles. The molecule has 5 nitrogen and oxygen atoms in total. The Kier molecular flexibility index (Phi) is 7.85. The van der Waals surface area contributed by atoms with Gasteiger partial charge < -0.3 is 10.6 Å². The first kappa shape index (κ1) is 23.4. The molecular formula is C26H20FN3O2S2. The molecule has 0 saturated heterocycles. The van der Waals surface area contributed by atoms with Crippen LogP contribution in [0.25, 0.3) is 17.3 Å². The molecule has 2 amide bonds. The van der Waals surface area contributed by atoms with Gasteiger partial charge in [0.25, 0.3) is 0 Å². The highest BCUT2D eigenvalue weighted by Crippen LogP contribution is 2.26. The Bertz CT molecular complexity index is 1310. The van der Waals surface area contributed by atoms with E-state index in [1.807, 2.05) is 53.9 Å². The number of amides is 2. The third-order valence-electron chi connectivity index (χ3n) is 4.59. The van der Waals surface area contributed by atoms with Crippen LogP contribution in [0.1, 0.15) is 5.56 Å². The number of nitrogens with one attached hydrogen (secondary N) is 2. The van der Waals surface area contributed by atoms with Crippen LogP contribution in [-0.4, -0.2) is 22.6 Å². The quantitative estimate of drug-likeness (QED) is 0.224. The van der Waals surface area contributed by atoms with Gasteiger partial charge in [-0.2, -0.15) is 0 Å². The molecule has 0 radical (unpaired) electrons. The van der Waals surface area contributed by atoms with Crippen LogP contribution in [0, 0.1) is 5.82 Å². The van der Waals surface area contributed by atoms with Crippen LogP contribution in [-0.2, 0) is 9.59 Å². The minimum Gasteiger partial charge on any atom is -0.322 e. The van der Waals surface area contributed by atoms with Gasteiger partial charge >= 0.3 is 0 Å². The third-order valence-corrected chi connectivity index (χ3v) is 6.34. The summed E-state index contributed by atoms with van der Waals surface area (Å²) in [6, 6.07) is 22.9. The van der Waals surface area contributed by atoms with Crippen LogP contribution in [0.3, 0.4) is 0 Å². The van der Waals surface area contributed by atoms with Gasteiger partial charge in [0.2, 0.25) is 11.8 Å². The molecule has 0 saturated carbocycles. The molecule has 1 aromatic heterocycles. The lowest BCUT2D eigenvalue weighted by atomic mass is 10.2. The number of hydrogen-bond donors (Lipinski definition) is 2. The smallest absolute Gasteiger partial charge is 0.248 e. The number of anilines is 2. The molecule has 0 aliphatic heterocycles. The van der Waals surface area contributed by atoms with Crippen molar-refractivity contribution in [3.8, 4) is 11.3 Å². The summed E-state index contributed by atoms with van der Waals surface area (Å²) in [6.45, 7) is 0. The Balaban J connectivity index is 1.28. The first-order chi connectivity index (χ1) is 16.5. The number of hydrogen-bond acceptors (Lipinski definition) is 5. The zero-order valence-electron chi connectivity index (χ0n) is 17.9. The predicted molar refractivity (Wildman–Crippen MR) is 137 cm³/mol. The fourth-order valence-corrected chi connectivity index (χ4v) is 4.46. The summed E-state index contributed by atoms with van der Waals surface area (Å²) in [6.07, 6.45) is 3.23. The molecular weight excluding hydrogens is 469 g/mol. The zero-order chi connectivity index (χ0) is 23.8. The molecule has 0 unspecified atom stereocenters. The van der Waals surface area contributed by atoms with Crippen LogP contribution in [0.15, 0.2) is 95.2 Å². The molecule has 2 N–H and O–H groups in total. The summed E-state index contributed by atoms with van der Waals surface area (Å²) in [5.74, 6) is -0.539.